The van der Waals surface area contributed by atoms with Crippen molar-refractivity contribution in [3.63, 3.8) is 0 Å². The molecule has 0 radical (unpaired) electrons. The Balaban J connectivity index is 3.06. The molecule has 0 aromatic carbocycles. The quantitative estimate of drug-likeness (QED) is 0.784. The Kier molecular flexibility index (Phi) is 7.19. The Morgan fingerprint density at radius 3 is 2.64 bits per heavy atom. The van der Waals surface area contributed by atoms with Crippen LogP contribution in [0.1, 0.15) is 19.4 Å². The van der Waals surface area contributed by atoms with Gasteiger partial charge in [0.15, 0.2) is 0 Å². The second-order valence-corrected chi connectivity index (χ2v) is 5.48. The molecule has 0 aliphatic rings. The third kappa shape index (κ3) is 5.26. The van der Waals surface area contributed by atoms with Gasteiger partial charge in [-0.25, -0.2) is 4.79 Å². The number of aromatic amines is 1. The van der Waals surface area contributed by atoms with Gasteiger partial charge in [0.2, 0.25) is 0 Å². The van der Waals surface area contributed by atoms with Crippen molar-refractivity contribution in [1.82, 2.24) is 9.55 Å². The van der Waals surface area contributed by atoms with Gasteiger partial charge in [0, 0.05) is 11.1 Å². The maximum absolute atomic E-state index is 11.9. The van der Waals surface area contributed by atoms with E-state index >= 15 is 0 Å². The lowest BCUT2D eigenvalue weighted by atomic mass is 10.2. The molecule has 116 valence electrons. The predicted molar refractivity (Wildman–Crippen MR) is 95.9 cm³/mol. The lowest BCUT2D eigenvalue weighted by Gasteiger charge is -2.08. The van der Waals surface area contributed by atoms with Crippen LogP contribution in [-0.4, -0.2) is 9.55 Å². The third-order valence-corrected chi connectivity index (χ3v) is 3.58. The number of H-pyrrole nitrogens is 1. The fourth-order valence-corrected chi connectivity index (χ4v) is 2.19. The molecule has 0 saturated heterocycles. The van der Waals surface area contributed by atoms with Crippen LogP contribution in [0.3, 0.4) is 0 Å². The first-order valence-corrected chi connectivity index (χ1v) is 7.65. The minimum absolute atomic E-state index is 0.304. The number of rotatable bonds is 7. The fraction of sp³-hybridized carbons (Fsp3) is 0.176. The van der Waals surface area contributed by atoms with E-state index in [1.54, 1.807) is 0 Å². The van der Waals surface area contributed by atoms with E-state index in [4.69, 9.17) is 0 Å². The fourth-order valence-electron chi connectivity index (χ4n) is 1.61. The normalized spacial score (nSPS) is 11.7. The van der Waals surface area contributed by atoms with Crippen LogP contribution in [0.2, 0.25) is 0 Å². The summed E-state index contributed by atoms with van der Waals surface area (Å²) >= 11 is 1.34. The molecule has 0 aliphatic carbocycles. The van der Waals surface area contributed by atoms with Gasteiger partial charge in [-0.05, 0) is 24.8 Å². The van der Waals surface area contributed by atoms with Gasteiger partial charge in [-0.2, -0.15) is 0 Å². The minimum atomic E-state index is -0.460. The second kappa shape index (κ2) is 8.89. The van der Waals surface area contributed by atoms with Gasteiger partial charge in [-0.15, -0.1) is 0 Å². The third-order valence-electron chi connectivity index (χ3n) is 2.67. The zero-order valence-corrected chi connectivity index (χ0v) is 13.7. The Hall–Kier alpha value is -2.27. The number of allylic oxidation sites excluding steroid dienone is 6. The van der Waals surface area contributed by atoms with Crippen LogP contribution in [0, 0.1) is 0 Å². The summed E-state index contributed by atoms with van der Waals surface area (Å²) in [4.78, 5) is 26.7. The average molecular weight is 316 g/mol. The zero-order valence-electron chi connectivity index (χ0n) is 12.8. The molecule has 0 amide bonds. The molecule has 0 bridgehead atoms. The predicted octanol–water partition coefficient (Wildman–Crippen LogP) is 3.46. The number of hydrogen-bond acceptors (Lipinski definition) is 3. The van der Waals surface area contributed by atoms with E-state index in [0.717, 1.165) is 5.57 Å². The Bertz CT molecular complexity index is 749. The van der Waals surface area contributed by atoms with E-state index in [9.17, 15) is 9.59 Å². The average Bonchev–Trinajstić information content (AvgIpc) is 2.47. The maximum Gasteiger partial charge on any atom is 0.328 e. The molecule has 1 N–H and O–H groups in total. The van der Waals surface area contributed by atoms with Crippen molar-refractivity contribution >= 4 is 16.7 Å². The van der Waals surface area contributed by atoms with E-state index in [2.05, 4.69) is 18.1 Å². The Morgan fingerprint density at radius 1 is 1.27 bits per heavy atom. The SMILES string of the molecule is C=C(/C=C\C=C/C)Cn1cc(C(=C)S/C=C\C)c(=O)[nH]c1=O. The topological polar surface area (TPSA) is 54.9 Å². The largest absolute Gasteiger partial charge is 0.328 e. The highest BCUT2D eigenvalue weighted by atomic mass is 32.2. The van der Waals surface area contributed by atoms with Crippen LogP contribution >= 0.6 is 11.8 Å². The van der Waals surface area contributed by atoms with E-state index in [-0.39, 0.29) is 0 Å². The summed E-state index contributed by atoms with van der Waals surface area (Å²) in [5.74, 6) is 0. The molecule has 0 fully saturated rings. The highest BCUT2D eigenvalue weighted by Gasteiger charge is 2.08. The summed E-state index contributed by atoms with van der Waals surface area (Å²) < 4.78 is 1.42. The molecule has 4 nitrogen and oxygen atoms in total. The van der Waals surface area contributed by atoms with Crippen molar-refractivity contribution < 1.29 is 0 Å². The number of nitrogens with zero attached hydrogens (tertiary/aromatic N) is 1. The van der Waals surface area contributed by atoms with Crippen LogP contribution in [-0.2, 0) is 6.54 Å². The van der Waals surface area contributed by atoms with Gasteiger partial charge >= 0.3 is 5.69 Å². The first-order valence-electron chi connectivity index (χ1n) is 6.77. The zero-order chi connectivity index (χ0) is 16.5. The molecule has 22 heavy (non-hydrogen) atoms. The number of nitrogens with one attached hydrogen (secondary N) is 1. The van der Waals surface area contributed by atoms with E-state index in [0.29, 0.717) is 17.0 Å². The lowest BCUT2D eigenvalue weighted by Crippen LogP contribution is -2.31. The van der Waals surface area contributed by atoms with Crippen molar-refractivity contribution in [1.29, 1.82) is 0 Å². The molecule has 5 heteroatoms. The summed E-state index contributed by atoms with van der Waals surface area (Å²) in [7, 11) is 0. The van der Waals surface area contributed by atoms with Crippen molar-refractivity contribution in [3.8, 4) is 0 Å². The summed E-state index contributed by atoms with van der Waals surface area (Å²) in [6, 6.07) is 0. The highest BCUT2D eigenvalue weighted by Crippen LogP contribution is 2.23. The maximum atomic E-state index is 11.9. The molecule has 1 aromatic rings. The molecule has 1 aromatic heterocycles. The monoisotopic (exact) mass is 316 g/mol. The summed E-state index contributed by atoms with van der Waals surface area (Å²) in [5.41, 5.74) is 0.245. The van der Waals surface area contributed by atoms with Crippen molar-refractivity contribution in [3.05, 3.63) is 87.1 Å². The van der Waals surface area contributed by atoms with Crippen LogP contribution in [0.4, 0.5) is 0 Å². The van der Waals surface area contributed by atoms with E-state index in [1.165, 1.54) is 22.5 Å². The van der Waals surface area contributed by atoms with Gasteiger partial charge < -0.3 is 0 Å². The number of aromatic nitrogens is 2. The van der Waals surface area contributed by atoms with Crippen LogP contribution in [0.15, 0.2) is 70.3 Å². The van der Waals surface area contributed by atoms with Gasteiger partial charge in [-0.1, -0.05) is 55.3 Å². The van der Waals surface area contributed by atoms with Gasteiger partial charge in [0.05, 0.1) is 12.1 Å². The molecule has 0 saturated carbocycles. The molecule has 0 atom stereocenters. The molecule has 0 unspecified atom stereocenters. The Morgan fingerprint density at radius 2 is 2.00 bits per heavy atom. The Labute approximate surface area is 134 Å². The highest BCUT2D eigenvalue weighted by molar-refractivity contribution is 8.10. The first-order chi connectivity index (χ1) is 10.5. The smallest absolute Gasteiger partial charge is 0.296 e. The molecule has 1 rings (SSSR count). The number of thioether (sulfide) groups is 1. The van der Waals surface area contributed by atoms with Crippen molar-refractivity contribution in [2.75, 3.05) is 0 Å². The van der Waals surface area contributed by atoms with Crippen LogP contribution in [0.25, 0.3) is 4.91 Å². The number of hydrogen-bond donors (Lipinski definition) is 1. The lowest BCUT2D eigenvalue weighted by molar-refractivity contribution is 0.719. The molecule has 1 heterocycles. The second-order valence-electron chi connectivity index (χ2n) is 4.48. The summed E-state index contributed by atoms with van der Waals surface area (Å²) in [6.45, 7) is 11.9. The summed E-state index contributed by atoms with van der Waals surface area (Å²) in [6.07, 6.45) is 10.8. The summed E-state index contributed by atoms with van der Waals surface area (Å²) in [5, 5.41) is 1.83. The molecule has 0 spiro atoms. The molecular weight excluding hydrogens is 296 g/mol. The van der Waals surface area contributed by atoms with Crippen LogP contribution < -0.4 is 11.2 Å². The van der Waals surface area contributed by atoms with E-state index < -0.39 is 11.2 Å². The van der Waals surface area contributed by atoms with Crippen molar-refractivity contribution in [2.45, 2.75) is 20.4 Å². The molecule has 0 aliphatic heterocycles. The van der Waals surface area contributed by atoms with Gasteiger partial charge in [0.25, 0.3) is 5.56 Å². The van der Waals surface area contributed by atoms with Gasteiger partial charge in [0.1, 0.15) is 0 Å². The molecular formula is C17H20N2O2S. The standard InChI is InChI=1S/C17H20N2O2S/c1-5-7-8-9-13(3)11-19-12-15(14(4)22-10-6-2)16(20)18-17(19)21/h5-10,12H,3-4,11H2,1-2H3,(H,18,20,21)/b7-5-,9-8-,10-6-. The minimum Gasteiger partial charge on any atom is -0.296 e. The van der Waals surface area contributed by atoms with E-state index in [1.807, 2.05) is 49.6 Å². The first kappa shape index (κ1) is 17.8. The van der Waals surface area contributed by atoms with Crippen LogP contribution in [0.5, 0.6) is 0 Å². The van der Waals surface area contributed by atoms with Crippen molar-refractivity contribution in [2.24, 2.45) is 0 Å². The van der Waals surface area contributed by atoms with Gasteiger partial charge in [-0.3, -0.25) is 14.3 Å².